The second kappa shape index (κ2) is 8.59. The maximum Gasteiger partial charge on any atom is 0.387 e. The third-order valence-corrected chi connectivity index (χ3v) is 4.38. The number of carbonyl (C=O) groups is 2. The number of urea groups is 1. The Morgan fingerprint density at radius 2 is 1.86 bits per heavy atom. The van der Waals surface area contributed by atoms with Crippen LogP contribution in [-0.4, -0.2) is 25.7 Å². The van der Waals surface area contributed by atoms with Crippen molar-refractivity contribution in [2.75, 3.05) is 12.4 Å². The van der Waals surface area contributed by atoms with Crippen LogP contribution in [0.15, 0.2) is 60.8 Å². The fourth-order valence-electron chi connectivity index (χ4n) is 3.09. The van der Waals surface area contributed by atoms with Crippen LogP contribution in [0, 0.1) is 5.92 Å². The third kappa shape index (κ3) is 4.63. The highest BCUT2D eigenvalue weighted by Gasteiger charge is 2.38. The molecule has 0 aromatic heterocycles. The molecule has 29 heavy (non-hydrogen) atoms. The normalized spacial score (nSPS) is 18.6. The molecule has 0 aliphatic carbocycles. The number of amides is 3. The molecule has 0 saturated carbocycles. The van der Waals surface area contributed by atoms with Crippen molar-refractivity contribution in [2.24, 2.45) is 5.92 Å². The van der Waals surface area contributed by atoms with Crippen LogP contribution in [0.2, 0.25) is 0 Å². The van der Waals surface area contributed by atoms with E-state index >= 15 is 0 Å². The van der Waals surface area contributed by atoms with Crippen molar-refractivity contribution in [1.29, 1.82) is 0 Å². The Kier molecular flexibility index (Phi) is 5.96. The van der Waals surface area contributed by atoms with Gasteiger partial charge in [-0.25, -0.2) is 4.79 Å². The lowest BCUT2D eigenvalue weighted by Crippen LogP contribution is -2.51. The van der Waals surface area contributed by atoms with Crippen LogP contribution in [0.25, 0.3) is 0 Å². The lowest BCUT2D eigenvalue weighted by molar-refractivity contribution is -0.119. The maximum absolute atomic E-state index is 13.0. The van der Waals surface area contributed by atoms with Crippen molar-refractivity contribution in [3.8, 4) is 11.5 Å². The number of methoxy groups -OCH3 is 1. The highest BCUT2D eigenvalue weighted by Crippen LogP contribution is 2.33. The molecule has 0 spiro atoms. The van der Waals surface area contributed by atoms with Gasteiger partial charge in [0.05, 0.1) is 18.8 Å². The standard InChI is InChI=1S/C20H19F2N3O4/c1-11-16(18(26)24-14-5-3-4-6-15(14)28-2)17(25-20(27)23-11)12-7-9-13(10-8-12)29-19(21)22/h3-10,16-17,19H,1H2,2H3,(H,24,26)(H2,23,25,27)/t16-,17-/m0/s1. The topological polar surface area (TPSA) is 88.7 Å². The fourth-order valence-corrected chi connectivity index (χ4v) is 3.09. The second-order valence-corrected chi connectivity index (χ2v) is 6.22. The maximum atomic E-state index is 13.0. The Balaban J connectivity index is 1.86. The second-order valence-electron chi connectivity index (χ2n) is 6.22. The van der Waals surface area contributed by atoms with E-state index < -0.39 is 30.5 Å². The molecule has 1 fully saturated rings. The number of carbonyl (C=O) groups excluding carboxylic acids is 2. The van der Waals surface area contributed by atoms with E-state index in [1.165, 1.54) is 31.4 Å². The predicted molar refractivity (Wildman–Crippen MR) is 102 cm³/mol. The zero-order valence-corrected chi connectivity index (χ0v) is 15.4. The smallest absolute Gasteiger partial charge is 0.387 e. The molecule has 1 aliphatic heterocycles. The Labute approximate surface area is 165 Å². The van der Waals surface area contributed by atoms with Gasteiger partial charge >= 0.3 is 12.6 Å². The summed E-state index contributed by atoms with van der Waals surface area (Å²) in [7, 11) is 1.48. The van der Waals surface area contributed by atoms with E-state index in [4.69, 9.17) is 4.74 Å². The largest absolute Gasteiger partial charge is 0.495 e. The molecule has 7 nitrogen and oxygen atoms in total. The Bertz CT molecular complexity index is 918. The SMILES string of the molecule is C=C1NC(=O)N[C@@H](c2ccc(OC(F)F)cc2)[C@H]1C(=O)Nc1ccccc1OC. The van der Waals surface area contributed by atoms with Crippen molar-refractivity contribution in [3.05, 3.63) is 66.4 Å². The van der Waals surface area contributed by atoms with E-state index in [2.05, 4.69) is 27.3 Å². The third-order valence-electron chi connectivity index (χ3n) is 4.38. The Hall–Kier alpha value is -3.62. The first-order valence-electron chi connectivity index (χ1n) is 8.64. The number of hydrogen-bond acceptors (Lipinski definition) is 4. The minimum Gasteiger partial charge on any atom is -0.495 e. The summed E-state index contributed by atoms with van der Waals surface area (Å²) in [6, 6.07) is 11.3. The molecule has 0 radical (unpaired) electrons. The number of ether oxygens (including phenoxy) is 2. The Morgan fingerprint density at radius 1 is 1.17 bits per heavy atom. The molecule has 1 heterocycles. The number of halogens is 2. The van der Waals surface area contributed by atoms with Crippen LogP contribution >= 0.6 is 0 Å². The zero-order valence-electron chi connectivity index (χ0n) is 15.4. The summed E-state index contributed by atoms with van der Waals surface area (Å²) in [4.78, 5) is 24.9. The zero-order chi connectivity index (χ0) is 21.0. The number of hydrogen-bond donors (Lipinski definition) is 3. The van der Waals surface area contributed by atoms with Gasteiger partial charge in [0, 0.05) is 5.70 Å². The van der Waals surface area contributed by atoms with E-state index in [1.807, 2.05) is 0 Å². The van der Waals surface area contributed by atoms with Gasteiger partial charge in [0.1, 0.15) is 17.4 Å². The molecule has 152 valence electrons. The van der Waals surface area contributed by atoms with Gasteiger partial charge in [-0.1, -0.05) is 30.8 Å². The molecule has 2 aromatic carbocycles. The summed E-state index contributed by atoms with van der Waals surface area (Å²) >= 11 is 0. The summed E-state index contributed by atoms with van der Waals surface area (Å²) in [6.45, 7) is 0.850. The van der Waals surface area contributed by atoms with E-state index in [1.54, 1.807) is 24.3 Å². The predicted octanol–water partition coefficient (Wildman–Crippen LogP) is 3.42. The number of para-hydroxylation sites is 2. The Morgan fingerprint density at radius 3 is 2.52 bits per heavy atom. The summed E-state index contributed by atoms with van der Waals surface area (Å²) in [5, 5.41) is 7.95. The quantitative estimate of drug-likeness (QED) is 0.690. The average Bonchev–Trinajstić information content (AvgIpc) is 2.67. The van der Waals surface area contributed by atoms with Crippen LogP contribution in [0.1, 0.15) is 11.6 Å². The number of benzene rings is 2. The molecular weight excluding hydrogens is 384 g/mol. The highest BCUT2D eigenvalue weighted by atomic mass is 19.3. The number of rotatable bonds is 6. The molecule has 0 unspecified atom stereocenters. The van der Waals surface area contributed by atoms with E-state index in [-0.39, 0.29) is 11.4 Å². The first-order chi connectivity index (χ1) is 13.9. The van der Waals surface area contributed by atoms with Gasteiger partial charge in [-0.3, -0.25) is 4.79 Å². The van der Waals surface area contributed by atoms with Gasteiger partial charge in [-0.15, -0.1) is 0 Å². The van der Waals surface area contributed by atoms with Crippen LogP contribution in [0.4, 0.5) is 19.3 Å². The monoisotopic (exact) mass is 403 g/mol. The summed E-state index contributed by atoms with van der Waals surface area (Å²) in [6.07, 6.45) is 0. The summed E-state index contributed by atoms with van der Waals surface area (Å²) in [5.41, 5.74) is 1.20. The van der Waals surface area contributed by atoms with E-state index in [0.29, 0.717) is 17.0 Å². The van der Waals surface area contributed by atoms with Gasteiger partial charge in [0.15, 0.2) is 0 Å². The number of nitrogens with one attached hydrogen (secondary N) is 3. The van der Waals surface area contributed by atoms with Gasteiger partial charge in [0.2, 0.25) is 5.91 Å². The van der Waals surface area contributed by atoms with Gasteiger partial charge in [-0.2, -0.15) is 8.78 Å². The molecule has 2 aromatic rings. The minimum absolute atomic E-state index is 0.0298. The summed E-state index contributed by atoms with van der Waals surface area (Å²) in [5.74, 6) is -0.841. The van der Waals surface area contributed by atoms with Crippen LogP contribution < -0.4 is 25.4 Å². The first kappa shape index (κ1) is 20.1. The lowest BCUT2D eigenvalue weighted by Gasteiger charge is -2.34. The minimum atomic E-state index is -2.95. The number of alkyl halides is 2. The highest BCUT2D eigenvalue weighted by molar-refractivity contribution is 5.98. The first-order valence-corrected chi connectivity index (χ1v) is 8.64. The molecule has 3 amide bonds. The molecule has 9 heteroatoms. The van der Waals surface area contributed by atoms with E-state index in [0.717, 1.165) is 0 Å². The number of anilines is 1. The van der Waals surface area contributed by atoms with Crippen molar-refractivity contribution in [3.63, 3.8) is 0 Å². The molecular formula is C20H19F2N3O4. The fraction of sp³-hybridized carbons (Fsp3) is 0.200. The van der Waals surface area contributed by atoms with Crippen LogP contribution in [0.5, 0.6) is 11.5 Å². The van der Waals surface area contributed by atoms with Crippen LogP contribution in [0.3, 0.4) is 0 Å². The molecule has 3 rings (SSSR count). The molecule has 2 atom stereocenters. The van der Waals surface area contributed by atoms with E-state index in [9.17, 15) is 18.4 Å². The summed E-state index contributed by atoms with van der Waals surface area (Å²) < 4.78 is 34.3. The van der Waals surface area contributed by atoms with Crippen LogP contribution in [-0.2, 0) is 4.79 Å². The molecule has 3 N–H and O–H groups in total. The molecule has 0 bridgehead atoms. The van der Waals surface area contributed by atoms with Crippen molar-refractivity contribution in [2.45, 2.75) is 12.7 Å². The van der Waals surface area contributed by atoms with Gasteiger partial charge < -0.3 is 25.4 Å². The van der Waals surface area contributed by atoms with Crippen molar-refractivity contribution in [1.82, 2.24) is 10.6 Å². The van der Waals surface area contributed by atoms with Gasteiger partial charge in [0.25, 0.3) is 0 Å². The molecule has 1 aliphatic rings. The van der Waals surface area contributed by atoms with Gasteiger partial charge in [-0.05, 0) is 29.8 Å². The average molecular weight is 403 g/mol. The lowest BCUT2D eigenvalue weighted by atomic mass is 9.88. The molecule has 1 saturated heterocycles. The van der Waals surface area contributed by atoms with Crippen molar-refractivity contribution >= 4 is 17.6 Å². The van der Waals surface area contributed by atoms with Crippen molar-refractivity contribution < 1.29 is 27.8 Å².